The quantitative estimate of drug-likeness (QED) is 0.715. The third kappa shape index (κ3) is 6.06. The van der Waals surface area contributed by atoms with Gasteiger partial charge >= 0.3 is 0 Å². The molecule has 0 aromatic heterocycles. The van der Waals surface area contributed by atoms with Gasteiger partial charge in [-0.25, -0.2) is 0 Å². The summed E-state index contributed by atoms with van der Waals surface area (Å²) in [5.74, 6) is 0.651. The van der Waals surface area contributed by atoms with Gasteiger partial charge in [-0.15, -0.1) is 0 Å². The highest BCUT2D eigenvalue weighted by atomic mass is 16.5. The highest BCUT2D eigenvalue weighted by Gasteiger charge is 2.26. The van der Waals surface area contributed by atoms with Gasteiger partial charge in [0, 0.05) is 43.6 Å². The lowest BCUT2D eigenvalue weighted by molar-refractivity contribution is -0.122. The van der Waals surface area contributed by atoms with Gasteiger partial charge in [0.25, 0.3) is 0 Å². The molecular weight excluding hydrogens is 392 g/mol. The van der Waals surface area contributed by atoms with Crippen LogP contribution in [0.1, 0.15) is 18.1 Å². The van der Waals surface area contributed by atoms with Crippen LogP contribution in [0.3, 0.4) is 0 Å². The first-order chi connectivity index (χ1) is 14.9. The largest absolute Gasteiger partial charge is 0.497 e. The van der Waals surface area contributed by atoms with Gasteiger partial charge < -0.3 is 15.4 Å². The van der Waals surface area contributed by atoms with Crippen molar-refractivity contribution in [2.45, 2.75) is 26.8 Å². The fourth-order valence-electron chi connectivity index (χ4n) is 3.70. The number of nitrogens with zero attached hydrogens (tertiary/aromatic N) is 2. The lowest BCUT2D eigenvalue weighted by Gasteiger charge is -2.37. The molecule has 7 nitrogen and oxygen atoms in total. The average molecular weight is 425 g/mol. The molecule has 2 aromatic rings. The highest BCUT2D eigenvalue weighted by Crippen LogP contribution is 2.19. The van der Waals surface area contributed by atoms with E-state index in [1.807, 2.05) is 57.2 Å². The first-order valence-corrected chi connectivity index (χ1v) is 10.6. The van der Waals surface area contributed by atoms with Crippen LogP contribution >= 0.6 is 0 Å². The number of carbonyl (C=O) groups excluding carboxylic acids is 2. The number of piperazine rings is 1. The Bertz CT molecular complexity index is 923. The van der Waals surface area contributed by atoms with Crippen LogP contribution in [0.4, 0.5) is 11.4 Å². The van der Waals surface area contributed by atoms with Crippen molar-refractivity contribution < 1.29 is 14.3 Å². The molecule has 1 aliphatic rings. The van der Waals surface area contributed by atoms with E-state index in [0.717, 1.165) is 48.7 Å². The maximum Gasteiger partial charge on any atom is 0.241 e. The van der Waals surface area contributed by atoms with E-state index in [-0.39, 0.29) is 17.9 Å². The van der Waals surface area contributed by atoms with E-state index in [1.165, 1.54) is 0 Å². The summed E-state index contributed by atoms with van der Waals surface area (Å²) in [4.78, 5) is 29.4. The minimum Gasteiger partial charge on any atom is -0.497 e. The number of methoxy groups -OCH3 is 1. The average Bonchev–Trinajstić information content (AvgIpc) is 2.77. The van der Waals surface area contributed by atoms with Crippen molar-refractivity contribution in [1.29, 1.82) is 0 Å². The van der Waals surface area contributed by atoms with E-state index in [4.69, 9.17) is 4.74 Å². The van der Waals surface area contributed by atoms with E-state index in [9.17, 15) is 9.59 Å². The van der Waals surface area contributed by atoms with E-state index in [1.54, 1.807) is 13.2 Å². The third-order valence-electron chi connectivity index (χ3n) is 5.92. The molecule has 0 saturated carbocycles. The maximum atomic E-state index is 12.7. The summed E-state index contributed by atoms with van der Waals surface area (Å²) in [6.07, 6.45) is 0. The summed E-state index contributed by atoms with van der Waals surface area (Å²) >= 11 is 0. The number of amides is 2. The molecule has 0 bridgehead atoms. The predicted octanol–water partition coefficient (Wildman–Crippen LogP) is 2.90. The summed E-state index contributed by atoms with van der Waals surface area (Å²) in [5, 5.41) is 5.97. The second kappa shape index (κ2) is 10.4. The Morgan fingerprint density at radius 2 is 1.74 bits per heavy atom. The summed E-state index contributed by atoms with van der Waals surface area (Å²) in [7, 11) is 1.60. The van der Waals surface area contributed by atoms with E-state index in [0.29, 0.717) is 12.3 Å². The van der Waals surface area contributed by atoms with Crippen LogP contribution in [0.5, 0.6) is 5.75 Å². The fraction of sp³-hybridized carbons (Fsp3) is 0.417. The van der Waals surface area contributed by atoms with Crippen molar-refractivity contribution in [1.82, 2.24) is 9.80 Å². The topological polar surface area (TPSA) is 73.9 Å². The summed E-state index contributed by atoms with van der Waals surface area (Å²) < 4.78 is 5.21. The van der Waals surface area contributed by atoms with Gasteiger partial charge in [0.05, 0.1) is 19.7 Å². The summed E-state index contributed by atoms with van der Waals surface area (Å²) in [6, 6.07) is 13.0. The van der Waals surface area contributed by atoms with Gasteiger partial charge in [-0.2, -0.15) is 0 Å². The SMILES string of the molecule is COc1cccc(NC(=O)[C@@H](C)N2CCN(CC(=O)Nc3cccc(C)c3C)CC2)c1. The van der Waals surface area contributed by atoms with Gasteiger partial charge in [0.1, 0.15) is 5.75 Å². The van der Waals surface area contributed by atoms with E-state index >= 15 is 0 Å². The molecule has 31 heavy (non-hydrogen) atoms. The molecule has 166 valence electrons. The van der Waals surface area contributed by atoms with Crippen molar-refractivity contribution >= 4 is 23.2 Å². The molecule has 2 amide bonds. The summed E-state index contributed by atoms with van der Waals surface area (Å²) in [5.41, 5.74) is 3.84. The van der Waals surface area contributed by atoms with Gasteiger partial charge in [0.2, 0.25) is 11.8 Å². The zero-order chi connectivity index (χ0) is 22.4. The van der Waals surface area contributed by atoms with E-state index in [2.05, 4.69) is 20.4 Å². The van der Waals surface area contributed by atoms with Crippen LogP contribution in [0.2, 0.25) is 0 Å². The number of carbonyl (C=O) groups is 2. The van der Waals surface area contributed by atoms with Crippen LogP contribution < -0.4 is 15.4 Å². The number of hydrogen-bond donors (Lipinski definition) is 2. The molecule has 0 unspecified atom stereocenters. The van der Waals surface area contributed by atoms with Crippen molar-refractivity contribution in [2.24, 2.45) is 0 Å². The zero-order valence-corrected chi connectivity index (χ0v) is 18.8. The molecule has 1 atom stereocenters. The van der Waals surface area contributed by atoms with Crippen LogP contribution in [-0.4, -0.2) is 67.5 Å². The smallest absolute Gasteiger partial charge is 0.241 e. The fourth-order valence-corrected chi connectivity index (χ4v) is 3.70. The van der Waals surface area contributed by atoms with Gasteiger partial charge in [-0.3, -0.25) is 19.4 Å². The van der Waals surface area contributed by atoms with Crippen LogP contribution in [0, 0.1) is 13.8 Å². The molecule has 1 fully saturated rings. The maximum absolute atomic E-state index is 12.7. The van der Waals surface area contributed by atoms with Crippen LogP contribution in [-0.2, 0) is 9.59 Å². The Hall–Kier alpha value is -2.90. The monoisotopic (exact) mass is 424 g/mol. The lowest BCUT2D eigenvalue weighted by Crippen LogP contribution is -2.53. The number of benzene rings is 2. The highest BCUT2D eigenvalue weighted by molar-refractivity contribution is 5.95. The van der Waals surface area contributed by atoms with Gasteiger partial charge in [-0.1, -0.05) is 18.2 Å². The predicted molar refractivity (Wildman–Crippen MR) is 124 cm³/mol. The Kier molecular flexibility index (Phi) is 7.65. The van der Waals surface area contributed by atoms with Crippen molar-refractivity contribution in [3.8, 4) is 5.75 Å². The zero-order valence-electron chi connectivity index (χ0n) is 18.8. The molecule has 1 saturated heterocycles. The standard InChI is InChI=1S/C24H32N4O3/c1-17-7-5-10-22(18(17)2)26-23(29)16-27-11-13-28(14-12-27)19(3)24(30)25-20-8-6-9-21(15-20)31-4/h5-10,15,19H,11-14,16H2,1-4H3,(H,25,30)(H,26,29)/t19-/m1/s1. The number of nitrogens with one attached hydrogen (secondary N) is 2. The van der Waals surface area contributed by atoms with E-state index < -0.39 is 0 Å². The number of rotatable bonds is 7. The molecule has 7 heteroatoms. The van der Waals surface area contributed by atoms with Crippen molar-refractivity contribution in [3.63, 3.8) is 0 Å². The molecule has 2 aromatic carbocycles. The number of aryl methyl sites for hydroxylation is 1. The molecular formula is C24H32N4O3. The minimum atomic E-state index is -0.253. The Morgan fingerprint density at radius 1 is 1.03 bits per heavy atom. The van der Waals surface area contributed by atoms with Crippen molar-refractivity contribution in [2.75, 3.05) is 50.5 Å². The van der Waals surface area contributed by atoms with Crippen LogP contribution in [0.15, 0.2) is 42.5 Å². The van der Waals surface area contributed by atoms with Gasteiger partial charge in [0.15, 0.2) is 0 Å². The minimum absolute atomic E-state index is 0.00836. The second-order valence-electron chi connectivity index (χ2n) is 8.00. The van der Waals surface area contributed by atoms with Crippen molar-refractivity contribution in [3.05, 3.63) is 53.6 Å². The molecule has 2 N–H and O–H groups in total. The first-order valence-electron chi connectivity index (χ1n) is 10.6. The number of ether oxygens (including phenoxy) is 1. The normalized spacial score (nSPS) is 15.9. The Balaban J connectivity index is 1.46. The molecule has 0 spiro atoms. The molecule has 1 heterocycles. The third-order valence-corrected chi connectivity index (χ3v) is 5.92. The molecule has 3 rings (SSSR count). The Labute approximate surface area is 184 Å². The molecule has 1 aliphatic heterocycles. The molecule has 0 radical (unpaired) electrons. The number of anilines is 2. The lowest BCUT2D eigenvalue weighted by atomic mass is 10.1. The second-order valence-corrected chi connectivity index (χ2v) is 8.00. The first kappa shape index (κ1) is 22.8. The van der Waals surface area contributed by atoms with Crippen LogP contribution in [0.25, 0.3) is 0 Å². The van der Waals surface area contributed by atoms with Gasteiger partial charge in [-0.05, 0) is 50.1 Å². The molecule has 0 aliphatic carbocycles. The Morgan fingerprint density at radius 3 is 2.45 bits per heavy atom. The summed E-state index contributed by atoms with van der Waals surface area (Å²) in [6.45, 7) is 9.29. The number of hydrogen-bond acceptors (Lipinski definition) is 5.